The molecule has 1 aromatic carbocycles. The summed E-state index contributed by atoms with van der Waals surface area (Å²) < 4.78 is 7.75. The highest BCUT2D eigenvalue weighted by atomic mass is 16.5. The van der Waals surface area contributed by atoms with Crippen LogP contribution in [-0.4, -0.2) is 16.3 Å². The Hall–Kier alpha value is -1.81. The van der Waals surface area contributed by atoms with E-state index >= 15 is 0 Å². The first-order valence-electron chi connectivity index (χ1n) is 6.02. The molecule has 1 atom stereocenters. The Morgan fingerprint density at radius 2 is 2.17 bits per heavy atom. The Morgan fingerprint density at radius 3 is 2.78 bits per heavy atom. The van der Waals surface area contributed by atoms with Crippen LogP contribution in [-0.2, 0) is 7.05 Å². The van der Waals surface area contributed by atoms with Gasteiger partial charge in [0.25, 0.3) is 0 Å². The molecule has 18 heavy (non-hydrogen) atoms. The largest absolute Gasteiger partial charge is 0.484 e. The molecule has 2 N–H and O–H groups in total. The molecule has 0 bridgehead atoms. The second-order valence-corrected chi connectivity index (χ2v) is 4.56. The van der Waals surface area contributed by atoms with Gasteiger partial charge in [0.2, 0.25) is 0 Å². The molecule has 1 aromatic heterocycles. The smallest absolute Gasteiger partial charge is 0.139 e. The van der Waals surface area contributed by atoms with Crippen molar-refractivity contribution in [2.75, 3.05) is 6.54 Å². The summed E-state index contributed by atoms with van der Waals surface area (Å²) in [6.07, 6.45) is 3.57. The molecule has 96 valence electrons. The summed E-state index contributed by atoms with van der Waals surface area (Å²) in [7, 11) is 1.88. The van der Waals surface area contributed by atoms with Crippen molar-refractivity contribution in [2.45, 2.75) is 20.0 Å². The van der Waals surface area contributed by atoms with Crippen LogP contribution in [0.5, 0.6) is 5.75 Å². The second-order valence-electron chi connectivity index (χ2n) is 4.56. The normalized spacial score (nSPS) is 12.4. The molecule has 4 nitrogen and oxygen atoms in total. The van der Waals surface area contributed by atoms with E-state index in [1.165, 1.54) is 5.56 Å². The standard InChI is InChI=1S/C14H19N3O/c1-10-4-5-11(2)13(6-10)18-14(7-15)12-8-16-17(3)9-12/h4-6,8-9,14H,7,15H2,1-3H3. The molecule has 1 heterocycles. The van der Waals surface area contributed by atoms with Gasteiger partial charge in [-0.15, -0.1) is 0 Å². The maximum atomic E-state index is 6.00. The molecule has 1 unspecified atom stereocenters. The molecule has 0 saturated carbocycles. The topological polar surface area (TPSA) is 53.1 Å². The minimum Gasteiger partial charge on any atom is -0.484 e. The molecule has 0 radical (unpaired) electrons. The third-order valence-corrected chi connectivity index (χ3v) is 2.92. The number of nitrogens with zero attached hydrogens (tertiary/aromatic N) is 2. The SMILES string of the molecule is Cc1ccc(C)c(OC(CN)c2cnn(C)c2)c1. The molecular formula is C14H19N3O. The molecule has 4 heteroatoms. The maximum absolute atomic E-state index is 6.00. The molecule has 0 amide bonds. The number of benzene rings is 1. The molecule has 0 fully saturated rings. The van der Waals surface area contributed by atoms with Gasteiger partial charge in [-0.3, -0.25) is 4.68 Å². The zero-order chi connectivity index (χ0) is 13.1. The minimum absolute atomic E-state index is 0.154. The van der Waals surface area contributed by atoms with Crippen LogP contribution in [0.25, 0.3) is 0 Å². The van der Waals surface area contributed by atoms with Gasteiger partial charge in [0.05, 0.1) is 6.20 Å². The first-order chi connectivity index (χ1) is 8.60. The van der Waals surface area contributed by atoms with E-state index in [1.54, 1.807) is 10.9 Å². The summed E-state index contributed by atoms with van der Waals surface area (Å²) in [4.78, 5) is 0. The summed E-state index contributed by atoms with van der Waals surface area (Å²) in [6, 6.07) is 6.17. The molecule has 0 saturated heterocycles. The Morgan fingerprint density at radius 1 is 1.39 bits per heavy atom. The van der Waals surface area contributed by atoms with Gasteiger partial charge in [-0.25, -0.2) is 0 Å². The maximum Gasteiger partial charge on any atom is 0.139 e. The van der Waals surface area contributed by atoms with Crippen LogP contribution >= 0.6 is 0 Å². The van der Waals surface area contributed by atoms with E-state index in [0.29, 0.717) is 6.54 Å². The van der Waals surface area contributed by atoms with Gasteiger partial charge in [-0.2, -0.15) is 5.10 Å². The number of rotatable bonds is 4. The quantitative estimate of drug-likeness (QED) is 0.897. The monoisotopic (exact) mass is 245 g/mol. The highest BCUT2D eigenvalue weighted by Gasteiger charge is 2.14. The van der Waals surface area contributed by atoms with Crippen LogP contribution in [0.15, 0.2) is 30.6 Å². The van der Waals surface area contributed by atoms with Gasteiger partial charge < -0.3 is 10.5 Å². The van der Waals surface area contributed by atoms with Crippen molar-refractivity contribution in [1.82, 2.24) is 9.78 Å². The first kappa shape index (κ1) is 12.6. The first-order valence-corrected chi connectivity index (χ1v) is 6.02. The summed E-state index contributed by atoms with van der Waals surface area (Å²) in [6.45, 7) is 4.51. The highest BCUT2D eigenvalue weighted by Crippen LogP contribution is 2.25. The average Bonchev–Trinajstić information content (AvgIpc) is 2.77. The number of aryl methyl sites for hydroxylation is 3. The van der Waals surface area contributed by atoms with Crippen LogP contribution in [0, 0.1) is 13.8 Å². The fraction of sp³-hybridized carbons (Fsp3) is 0.357. The van der Waals surface area contributed by atoms with Crippen LogP contribution in [0.1, 0.15) is 22.8 Å². The molecular weight excluding hydrogens is 226 g/mol. The number of ether oxygens (including phenoxy) is 1. The van der Waals surface area contributed by atoms with E-state index < -0.39 is 0 Å². The molecule has 2 aromatic rings. The summed E-state index contributed by atoms with van der Waals surface area (Å²) >= 11 is 0. The van der Waals surface area contributed by atoms with Gasteiger partial charge in [0, 0.05) is 25.4 Å². The molecule has 0 aliphatic heterocycles. The van der Waals surface area contributed by atoms with Crippen LogP contribution in [0.3, 0.4) is 0 Å². The zero-order valence-corrected chi connectivity index (χ0v) is 11.1. The lowest BCUT2D eigenvalue weighted by molar-refractivity contribution is 0.212. The van der Waals surface area contributed by atoms with Gasteiger partial charge >= 0.3 is 0 Å². The van der Waals surface area contributed by atoms with Crippen molar-refractivity contribution in [3.05, 3.63) is 47.3 Å². The van der Waals surface area contributed by atoms with Crippen LogP contribution in [0.4, 0.5) is 0 Å². The van der Waals surface area contributed by atoms with Crippen molar-refractivity contribution in [3.8, 4) is 5.75 Å². The third kappa shape index (κ3) is 2.71. The lowest BCUT2D eigenvalue weighted by Gasteiger charge is -2.18. The predicted octanol–water partition coefficient (Wildman–Crippen LogP) is 2.12. The van der Waals surface area contributed by atoms with E-state index in [1.807, 2.05) is 33.2 Å². The average molecular weight is 245 g/mol. The molecule has 0 aliphatic rings. The van der Waals surface area contributed by atoms with Crippen molar-refractivity contribution in [3.63, 3.8) is 0 Å². The highest BCUT2D eigenvalue weighted by molar-refractivity contribution is 5.36. The zero-order valence-electron chi connectivity index (χ0n) is 11.1. The van der Waals surface area contributed by atoms with E-state index in [4.69, 9.17) is 10.5 Å². The summed E-state index contributed by atoms with van der Waals surface area (Å²) in [5.41, 5.74) is 9.08. The second kappa shape index (κ2) is 5.23. The lowest BCUT2D eigenvalue weighted by Crippen LogP contribution is -2.18. The molecule has 0 aliphatic carbocycles. The minimum atomic E-state index is -0.154. The van der Waals surface area contributed by atoms with Crippen LogP contribution in [0.2, 0.25) is 0 Å². The van der Waals surface area contributed by atoms with Crippen molar-refractivity contribution >= 4 is 0 Å². The Labute approximate surface area is 107 Å². The van der Waals surface area contributed by atoms with Gasteiger partial charge in [-0.1, -0.05) is 12.1 Å². The van der Waals surface area contributed by atoms with Crippen molar-refractivity contribution in [1.29, 1.82) is 0 Å². The third-order valence-electron chi connectivity index (χ3n) is 2.92. The van der Waals surface area contributed by atoms with Crippen molar-refractivity contribution < 1.29 is 4.74 Å². The molecule has 0 spiro atoms. The number of nitrogens with two attached hydrogens (primary N) is 1. The van der Waals surface area contributed by atoms with Gasteiger partial charge in [0.15, 0.2) is 0 Å². The fourth-order valence-electron chi connectivity index (χ4n) is 1.85. The van der Waals surface area contributed by atoms with E-state index in [0.717, 1.165) is 16.9 Å². The van der Waals surface area contributed by atoms with E-state index in [2.05, 4.69) is 17.2 Å². The Balaban J connectivity index is 2.22. The van der Waals surface area contributed by atoms with Gasteiger partial charge in [0.1, 0.15) is 11.9 Å². The van der Waals surface area contributed by atoms with Crippen molar-refractivity contribution in [2.24, 2.45) is 12.8 Å². The van der Waals surface area contributed by atoms with Gasteiger partial charge in [-0.05, 0) is 31.0 Å². The number of hydrogen-bond acceptors (Lipinski definition) is 3. The summed E-state index contributed by atoms with van der Waals surface area (Å²) in [5.74, 6) is 0.884. The lowest BCUT2D eigenvalue weighted by atomic mass is 10.1. The number of aromatic nitrogens is 2. The van der Waals surface area contributed by atoms with Crippen LogP contribution < -0.4 is 10.5 Å². The fourth-order valence-corrected chi connectivity index (χ4v) is 1.85. The van der Waals surface area contributed by atoms with E-state index in [9.17, 15) is 0 Å². The summed E-state index contributed by atoms with van der Waals surface area (Å²) in [5, 5.41) is 4.15. The predicted molar refractivity (Wildman–Crippen MR) is 71.5 cm³/mol. The number of hydrogen-bond donors (Lipinski definition) is 1. The Bertz CT molecular complexity index is 534. The van der Waals surface area contributed by atoms with E-state index in [-0.39, 0.29) is 6.10 Å². The molecule has 2 rings (SSSR count). The Kier molecular flexibility index (Phi) is 3.67.